The molecule has 0 radical (unpaired) electrons. The van der Waals surface area contributed by atoms with E-state index in [1.165, 1.54) is 6.07 Å². The van der Waals surface area contributed by atoms with E-state index in [0.717, 1.165) is 24.5 Å². The zero-order chi connectivity index (χ0) is 22.2. The molecule has 1 aromatic rings. The van der Waals surface area contributed by atoms with E-state index in [2.05, 4.69) is 11.8 Å². The van der Waals surface area contributed by atoms with Gasteiger partial charge >= 0.3 is 6.18 Å². The molecule has 1 spiro atoms. The van der Waals surface area contributed by atoms with E-state index in [4.69, 9.17) is 0 Å². The number of fused-ring (bicyclic) bond motifs is 2. The summed E-state index contributed by atoms with van der Waals surface area (Å²) in [5.74, 6) is -2.46. The number of carbonyl (C=O) groups excluding carboxylic acids is 1. The zero-order valence-corrected chi connectivity index (χ0v) is 17.5. The standard InChI is InChI=1S/C23H27F5N2O/c1-14-19-11-15-2-3-17(23(26,27)28)10-16(15)13-30(19)20(31)21(14)5-4-18(12-21)29-8-6-22(24,25)7-9-29/h2-3,10,14,18-19H,4-9,11-13H2,1H3/t14?,18-,19?,21+/m1/s1. The molecule has 4 atom stereocenters. The van der Waals surface area contributed by atoms with Crippen molar-refractivity contribution in [2.75, 3.05) is 13.1 Å². The number of alkyl halides is 5. The fourth-order valence-electron chi connectivity index (χ4n) is 6.49. The minimum Gasteiger partial charge on any atom is -0.334 e. The molecule has 1 amide bonds. The number of rotatable bonds is 1. The second kappa shape index (κ2) is 6.90. The van der Waals surface area contributed by atoms with Gasteiger partial charge in [-0.15, -0.1) is 0 Å². The van der Waals surface area contributed by atoms with E-state index in [1.54, 1.807) is 11.0 Å². The van der Waals surface area contributed by atoms with Gasteiger partial charge in [0, 0.05) is 44.6 Å². The van der Waals surface area contributed by atoms with Crippen LogP contribution in [-0.4, -0.2) is 46.8 Å². The van der Waals surface area contributed by atoms with Crippen LogP contribution in [-0.2, 0) is 23.9 Å². The smallest absolute Gasteiger partial charge is 0.334 e. The molecule has 5 rings (SSSR count). The Balaban J connectivity index is 1.35. The van der Waals surface area contributed by atoms with Gasteiger partial charge in [0.15, 0.2) is 0 Å². The molecular formula is C23H27F5N2O. The lowest BCUT2D eigenvalue weighted by atomic mass is 9.73. The number of carbonyl (C=O) groups is 1. The van der Waals surface area contributed by atoms with E-state index in [-0.39, 0.29) is 43.3 Å². The van der Waals surface area contributed by atoms with E-state index >= 15 is 0 Å². The minimum absolute atomic E-state index is 0.0128. The fraction of sp³-hybridized carbons (Fsp3) is 0.696. The van der Waals surface area contributed by atoms with Gasteiger partial charge in [-0.1, -0.05) is 13.0 Å². The maximum absolute atomic E-state index is 13.6. The van der Waals surface area contributed by atoms with Gasteiger partial charge in [0.2, 0.25) is 5.91 Å². The van der Waals surface area contributed by atoms with Crippen LogP contribution < -0.4 is 0 Å². The summed E-state index contributed by atoms with van der Waals surface area (Å²) in [5, 5.41) is 0. The first-order chi connectivity index (χ1) is 14.5. The number of benzene rings is 1. The lowest BCUT2D eigenvalue weighted by molar-refractivity contribution is -0.138. The molecule has 1 aliphatic carbocycles. The number of likely N-dealkylation sites (tertiary alicyclic amines) is 1. The van der Waals surface area contributed by atoms with Crippen LogP contribution in [0.5, 0.6) is 0 Å². The predicted octanol–water partition coefficient (Wildman–Crippen LogP) is 4.88. The molecule has 31 heavy (non-hydrogen) atoms. The van der Waals surface area contributed by atoms with Crippen LogP contribution in [0, 0.1) is 11.3 Å². The molecule has 0 N–H and O–H groups in total. The molecule has 2 unspecified atom stereocenters. The molecule has 0 bridgehead atoms. The van der Waals surface area contributed by atoms with Crippen LogP contribution in [0.3, 0.4) is 0 Å². The van der Waals surface area contributed by atoms with Gasteiger partial charge in [-0.2, -0.15) is 13.2 Å². The Hall–Kier alpha value is -1.70. The highest BCUT2D eigenvalue weighted by atomic mass is 19.4. The van der Waals surface area contributed by atoms with Crippen molar-refractivity contribution in [2.24, 2.45) is 11.3 Å². The Bertz CT molecular complexity index is 890. The Kier molecular flexibility index (Phi) is 4.71. The van der Waals surface area contributed by atoms with Gasteiger partial charge in [-0.3, -0.25) is 9.69 Å². The first kappa shape index (κ1) is 21.2. The van der Waals surface area contributed by atoms with E-state index in [1.807, 2.05) is 0 Å². The van der Waals surface area contributed by atoms with Crippen LogP contribution in [0.25, 0.3) is 0 Å². The number of nitrogens with zero attached hydrogens (tertiary/aromatic N) is 2. The predicted molar refractivity (Wildman–Crippen MR) is 104 cm³/mol. The van der Waals surface area contributed by atoms with E-state index < -0.39 is 23.1 Å². The molecule has 4 aliphatic rings. The van der Waals surface area contributed by atoms with Gasteiger partial charge < -0.3 is 4.90 Å². The molecule has 3 aliphatic heterocycles. The topological polar surface area (TPSA) is 23.6 Å². The number of hydrogen-bond acceptors (Lipinski definition) is 2. The molecule has 3 heterocycles. The van der Waals surface area contributed by atoms with Gasteiger partial charge in [0.1, 0.15) is 0 Å². The molecular weight excluding hydrogens is 415 g/mol. The first-order valence-electron chi connectivity index (χ1n) is 11.1. The van der Waals surface area contributed by atoms with Gasteiger partial charge in [0.05, 0.1) is 11.0 Å². The van der Waals surface area contributed by atoms with Gasteiger partial charge in [-0.05, 0) is 54.9 Å². The van der Waals surface area contributed by atoms with Crippen molar-refractivity contribution in [1.29, 1.82) is 0 Å². The highest BCUT2D eigenvalue weighted by molar-refractivity contribution is 5.87. The summed E-state index contributed by atoms with van der Waals surface area (Å²) < 4.78 is 66.5. The molecule has 170 valence electrons. The summed E-state index contributed by atoms with van der Waals surface area (Å²) in [5.41, 5.74) is 0.265. The van der Waals surface area contributed by atoms with Crippen LogP contribution in [0.15, 0.2) is 18.2 Å². The fourth-order valence-corrected chi connectivity index (χ4v) is 6.49. The van der Waals surface area contributed by atoms with E-state index in [9.17, 15) is 26.7 Å². The molecule has 2 saturated heterocycles. The second-order valence-corrected chi connectivity index (χ2v) is 9.92. The van der Waals surface area contributed by atoms with Crippen LogP contribution >= 0.6 is 0 Å². The SMILES string of the molecule is CC1C2Cc3ccc(C(F)(F)F)cc3CN2C(=O)[C@]12CC[C@@H](N1CCC(F)(F)CC1)C2. The summed E-state index contributed by atoms with van der Waals surface area (Å²) >= 11 is 0. The van der Waals surface area contributed by atoms with Crippen molar-refractivity contribution in [2.45, 2.75) is 76.2 Å². The Morgan fingerprint density at radius 3 is 2.45 bits per heavy atom. The second-order valence-electron chi connectivity index (χ2n) is 9.92. The maximum atomic E-state index is 13.6. The summed E-state index contributed by atoms with van der Waals surface area (Å²) in [6.07, 6.45) is -1.90. The Morgan fingerprint density at radius 1 is 1.06 bits per heavy atom. The lowest BCUT2D eigenvalue weighted by Gasteiger charge is -2.37. The average molecular weight is 442 g/mol. The normalized spacial score (nSPS) is 35.5. The van der Waals surface area contributed by atoms with Crippen molar-refractivity contribution >= 4 is 5.91 Å². The van der Waals surface area contributed by atoms with Gasteiger partial charge in [-0.25, -0.2) is 8.78 Å². The maximum Gasteiger partial charge on any atom is 0.416 e. The van der Waals surface area contributed by atoms with Gasteiger partial charge in [0.25, 0.3) is 5.92 Å². The van der Waals surface area contributed by atoms with Crippen molar-refractivity contribution in [3.05, 3.63) is 34.9 Å². The number of amides is 1. The van der Waals surface area contributed by atoms with Crippen molar-refractivity contribution in [1.82, 2.24) is 9.80 Å². The quantitative estimate of drug-likeness (QED) is 0.579. The average Bonchev–Trinajstić information content (AvgIpc) is 3.23. The van der Waals surface area contributed by atoms with Crippen molar-refractivity contribution < 1.29 is 26.7 Å². The first-order valence-corrected chi connectivity index (χ1v) is 11.1. The third kappa shape index (κ3) is 3.36. The van der Waals surface area contributed by atoms with Crippen LogP contribution in [0.1, 0.15) is 55.7 Å². The Morgan fingerprint density at radius 2 is 1.77 bits per heavy atom. The lowest BCUT2D eigenvalue weighted by Crippen LogP contribution is -2.45. The summed E-state index contributed by atoms with van der Waals surface area (Å²) in [7, 11) is 0. The van der Waals surface area contributed by atoms with E-state index in [0.29, 0.717) is 31.5 Å². The Labute approximate surface area is 178 Å². The van der Waals surface area contributed by atoms with Crippen molar-refractivity contribution in [3.63, 3.8) is 0 Å². The zero-order valence-electron chi connectivity index (χ0n) is 17.5. The monoisotopic (exact) mass is 442 g/mol. The summed E-state index contributed by atoms with van der Waals surface area (Å²) in [6.45, 7) is 3.02. The highest BCUT2D eigenvalue weighted by Gasteiger charge is 2.61. The molecule has 3 nitrogen and oxygen atoms in total. The molecule has 3 fully saturated rings. The third-order valence-corrected chi connectivity index (χ3v) is 8.41. The summed E-state index contributed by atoms with van der Waals surface area (Å²) in [4.78, 5) is 17.5. The molecule has 8 heteroatoms. The number of hydrogen-bond donors (Lipinski definition) is 0. The van der Waals surface area contributed by atoms with Crippen molar-refractivity contribution in [3.8, 4) is 0 Å². The largest absolute Gasteiger partial charge is 0.416 e. The molecule has 0 aromatic heterocycles. The summed E-state index contributed by atoms with van der Waals surface area (Å²) in [6, 6.07) is 3.98. The third-order valence-electron chi connectivity index (χ3n) is 8.41. The van der Waals surface area contributed by atoms with Crippen LogP contribution in [0.2, 0.25) is 0 Å². The van der Waals surface area contributed by atoms with Crippen LogP contribution in [0.4, 0.5) is 22.0 Å². The number of piperidine rings is 1. The molecule has 1 saturated carbocycles. The molecule has 1 aromatic carbocycles. The number of halogens is 5. The minimum atomic E-state index is -4.40. The highest BCUT2D eigenvalue weighted by Crippen LogP contribution is 2.55.